The molecule has 3 aromatic heterocycles. The van der Waals surface area contributed by atoms with Crippen molar-refractivity contribution in [1.82, 2.24) is 19.3 Å². The Labute approximate surface area is 182 Å². The second kappa shape index (κ2) is 8.38. The van der Waals surface area contributed by atoms with E-state index in [4.69, 9.17) is 4.74 Å². The molecule has 0 saturated carbocycles. The highest BCUT2D eigenvalue weighted by Gasteiger charge is 2.33. The van der Waals surface area contributed by atoms with Gasteiger partial charge in [-0.05, 0) is 49.1 Å². The molecule has 9 heteroatoms. The molecule has 6 nitrogen and oxygen atoms in total. The minimum atomic E-state index is -4.58. The Kier molecular flexibility index (Phi) is 5.77. The molecule has 0 amide bonds. The predicted molar refractivity (Wildman–Crippen MR) is 115 cm³/mol. The second-order valence-electron chi connectivity index (χ2n) is 8.23. The number of aromatic nitrogens is 4. The molecule has 0 aliphatic heterocycles. The summed E-state index contributed by atoms with van der Waals surface area (Å²) in [4.78, 5) is 15.3. The lowest BCUT2D eigenvalue weighted by atomic mass is 10.1. The summed E-state index contributed by atoms with van der Waals surface area (Å²) in [5, 5.41) is 5.73. The zero-order valence-electron chi connectivity index (χ0n) is 18.0. The van der Waals surface area contributed by atoms with Gasteiger partial charge in [0, 0.05) is 41.0 Å². The normalized spacial score (nSPS) is 12.3. The number of alkyl halides is 3. The number of benzene rings is 1. The largest absolute Gasteiger partial charge is 0.433 e. The molecule has 0 bridgehead atoms. The van der Waals surface area contributed by atoms with Crippen LogP contribution in [0.15, 0.2) is 36.7 Å². The first kappa shape index (κ1) is 22.0. The molecule has 3 heterocycles. The first-order valence-corrected chi connectivity index (χ1v) is 10.3. The van der Waals surface area contributed by atoms with Crippen LogP contribution in [0.3, 0.4) is 0 Å². The molecule has 0 aliphatic carbocycles. The molecule has 0 fully saturated rings. The minimum Gasteiger partial charge on any atom is -0.359 e. The van der Waals surface area contributed by atoms with Crippen LogP contribution in [-0.4, -0.2) is 32.2 Å². The molecule has 0 radical (unpaired) electrons. The van der Waals surface area contributed by atoms with Crippen LogP contribution < -0.4 is 0 Å². The van der Waals surface area contributed by atoms with Crippen molar-refractivity contribution >= 4 is 28.2 Å². The Hall–Kier alpha value is -3.20. The minimum absolute atomic E-state index is 0.0742. The van der Waals surface area contributed by atoms with Crippen LogP contribution >= 0.6 is 0 Å². The van der Waals surface area contributed by atoms with Crippen LogP contribution in [-0.2, 0) is 17.6 Å². The fraction of sp³-hybridized carbons (Fsp3) is 0.348. The van der Waals surface area contributed by atoms with E-state index in [0.29, 0.717) is 36.6 Å². The summed E-state index contributed by atoms with van der Waals surface area (Å²) >= 11 is 0. The third-order valence-corrected chi connectivity index (χ3v) is 5.27. The molecule has 1 aromatic carbocycles. The van der Waals surface area contributed by atoms with Gasteiger partial charge in [-0.2, -0.15) is 18.3 Å². The summed E-state index contributed by atoms with van der Waals surface area (Å²) < 4.78 is 48.6. The van der Waals surface area contributed by atoms with E-state index in [1.807, 2.05) is 25.3 Å². The zero-order chi connectivity index (χ0) is 23.0. The fourth-order valence-corrected chi connectivity index (χ4v) is 3.60. The molecule has 0 N–H and O–H groups in total. The van der Waals surface area contributed by atoms with E-state index in [2.05, 4.69) is 23.9 Å². The van der Waals surface area contributed by atoms with Crippen molar-refractivity contribution in [3.05, 3.63) is 53.5 Å². The third-order valence-electron chi connectivity index (χ3n) is 5.27. The Morgan fingerprint density at radius 3 is 2.66 bits per heavy atom. The van der Waals surface area contributed by atoms with Gasteiger partial charge < -0.3 is 9.30 Å². The molecule has 0 spiro atoms. The van der Waals surface area contributed by atoms with E-state index in [0.717, 1.165) is 29.0 Å². The van der Waals surface area contributed by atoms with Gasteiger partial charge >= 0.3 is 6.18 Å². The Balaban J connectivity index is 1.75. The van der Waals surface area contributed by atoms with Gasteiger partial charge in [0.2, 0.25) is 0 Å². The maximum atomic E-state index is 13.2. The van der Waals surface area contributed by atoms with E-state index in [1.54, 1.807) is 4.68 Å². The SMILES string of the molecule is Cc1cc(-n2cc(C=O)c3ccc(C(F)(F)F)nc32)cc2cn(COCCC(C)C)nc12. The van der Waals surface area contributed by atoms with Gasteiger partial charge in [-0.1, -0.05) is 13.8 Å². The molecule has 168 valence electrons. The molecular formula is C23H23F3N4O2. The van der Waals surface area contributed by atoms with Gasteiger partial charge in [0.1, 0.15) is 18.1 Å². The van der Waals surface area contributed by atoms with Gasteiger partial charge in [0.25, 0.3) is 0 Å². The van der Waals surface area contributed by atoms with E-state index >= 15 is 0 Å². The molecule has 0 saturated heterocycles. The summed E-state index contributed by atoms with van der Waals surface area (Å²) in [7, 11) is 0. The first-order valence-electron chi connectivity index (χ1n) is 10.3. The fourth-order valence-electron chi connectivity index (χ4n) is 3.60. The highest BCUT2D eigenvalue weighted by Crippen LogP contribution is 2.32. The number of nitrogens with zero attached hydrogens (tertiary/aromatic N) is 4. The van der Waals surface area contributed by atoms with Crippen molar-refractivity contribution < 1.29 is 22.7 Å². The lowest BCUT2D eigenvalue weighted by molar-refractivity contribution is -0.141. The Morgan fingerprint density at radius 1 is 1.19 bits per heavy atom. The number of carbonyl (C=O) groups excluding carboxylic acids is 1. The molecular weight excluding hydrogens is 421 g/mol. The summed E-state index contributed by atoms with van der Waals surface area (Å²) in [6.45, 7) is 7.08. The maximum Gasteiger partial charge on any atom is 0.433 e. The number of fused-ring (bicyclic) bond motifs is 2. The van der Waals surface area contributed by atoms with Crippen LogP contribution in [0.4, 0.5) is 13.2 Å². The predicted octanol–water partition coefficient (Wildman–Crippen LogP) is 5.54. The highest BCUT2D eigenvalue weighted by atomic mass is 19.4. The maximum absolute atomic E-state index is 13.2. The number of ether oxygens (including phenoxy) is 1. The van der Waals surface area contributed by atoms with Crippen molar-refractivity contribution in [2.24, 2.45) is 5.92 Å². The molecule has 0 unspecified atom stereocenters. The molecule has 32 heavy (non-hydrogen) atoms. The number of pyridine rings is 1. The number of hydrogen-bond donors (Lipinski definition) is 0. The summed E-state index contributed by atoms with van der Waals surface area (Å²) in [6.07, 6.45) is 0.330. The van der Waals surface area contributed by atoms with Crippen molar-refractivity contribution in [2.45, 2.75) is 40.1 Å². The summed E-state index contributed by atoms with van der Waals surface area (Å²) in [5.74, 6) is 0.551. The lowest BCUT2D eigenvalue weighted by Crippen LogP contribution is -2.08. The molecule has 4 aromatic rings. The number of rotatable bonds is 7. The monoisotopic (exact) mass is 444 g/mol. The number of aldehydes is 1. The average Bonchev–Trinajstić information content (AvgIpc) is 3.31. The van der Waals surface area contributed by atoms with Crippen molar-refractivity contribution in [2.75, 3.05) is 6.61 Å². The number of carbonyl (C=O) groups is 1. The Morgan fingerprint density at radius 2 is 1.97 bits per heavy atom. The molecule has 0 atom stereocenters. The van der Waals surface area contributed by atoms with Crippen molar-refractivity contribution in [1.29, 1.82) is 0 Å². The lowest BCUT2D eigenvalue weighted by Gasteiger charge is -2.09. The summed E-state index contributed by atoms with van der Waals surface area (Å²) in [5.41, 5.74) is 1.56. The topological polar surface area (TPSA) is 61.9 Å². The molecule has 4 rings (SSSR count). The van der Waals surface area contributed by atoms with Crippen molar-refractivity contribution in [3.8, 4) is 5.69 Å². The first-order chi connectivity index (χ1) is 15.2. The standard InChI is InChI=1S/C23H23F3N4O2/c1-14(2)6-7-32-13-29-10-16-9-18(8-15(3)21(16)28-29)30-11-17(12-31)19-4-5-20(23(24,25)26)27-22(19)30/h4-5,8-12,14H,6-7,13H2,1-3H3. The van der Waals surface area contributed by atoms with E-state index in [9.17, 15) is 18.0 Å². The van der Waals surface area contributed by atoms with Crippen LogP contribution in [0, 0.1) is 12.8 Å². The molecule has 0 aliphatic rings. The van der Waals surface area contributed by atoms with Crippen molar-refractivity contribution in [3.63, 3.8) is 0 Å². The zero-order valence-corrected chi connectivity index (χ0v) is 18.0. The second-order valence-corrected chi connectivity index (χ2v) is 8.23. The number of hydrogen-bond acceptors (Lipinski definition) is 4. The van der Waals surface area contributed by atoms with E-state index < -0.39 is 11.9 Å². The van der Waals surface area contributed by atoms with Gasteiger partial charge in [-0.25, -0.2) is 9.67 Å². The van der Waals surface area contributed by atoms with Crippen LogP contribution in [0.5, 0.6) is 0 Å². The van der Waals surface area contributed by atoms with Crippen LogP contribution in [0.25, 0.3) is 27.6 Å². The van der Waals surface area contributed by atoms with Gasteiger partial charge in [0.05, 0.1) is 5.52 Å². The average molecular weight is 444 g/mol. The van der Waals surface area contributed by atoms with E-state index in [1.165, 1.54) is 16.8 Å². The van der Waals surface area contributed by atoms with Crippen LogP contribution in [0.1, 0.15) is 41.9 Å². The van der Waals surface area contributed by atoms with Crippen LogP contribution in [0.2, 0.25) is 0 Å². The Bertz CT molecular complexity index is 1290. The number of halogens is 3. The van der Waals surface area contributed by atoms with Gasteiger partial charge in [-0.3, -0.25) is 4.79 Å². The smallest absolute Gasteiger partial charge is 0.359 e. The quantitative estimate of drug-likeness (QED) is 0.278. The highest BCUT2D eigenvalue weighted by molar-refractivity contribution is 5.97. The van der Waals surface area contributed by atoms with E-state index in [-0.39, 0.29) is 11.2 Å². The summed E-state index contributed by atoms with van der Waals surface area (Å²) in [6, 6.07) is 5.80. The van der Waals surface area contributed by atoms with Gasteiger partial charge in [-0.15, -0.1) is 0 Å². The van der Waals surface area contributed by atoms with Gasteiger partial charge in [0.15, 0.2) is 6.29 Å². The number of aryl methyl sites for hydroxylation is 1. The third kappa shape index (κ3) is 4.25.